The molecule has 19 heavy (non-hydrogen) atoms. The second kappa shape index (κ2) is 6.91. The lowest BCUT2D eigenvalue weighted by atomic mass is 10.2. The van der Waals surface area contributed by atoms with E-state index in [0.717, 1.165) is 21.5 Å². The fourth-order valence-corrected chi connectivity index (χ4v) is 3.18. The van der Waals surface area contributed by atoms with Crippen LogP contribution in [0.4, 0.5) is 0 Å². The van der Waals surface area contributed by atoms with Gasteiger partial charge in [-0.1, -0.05) is 12.1 Å². The van der Waals surface area contributed by atoms with E-state index >= 15 is 0 Å². The van der Waals surface area contributed by atoms with Gasteiger partial charge in [0, 0.05) is 34.7 Å². The van der Waals surface area contributed by atoms with Gasteiger partial charge in [0.1, 0.15) is 5.78 Å². The Hall–Kier alpha value is -1.07. The summed E-state index contributed by atoms with van der Waals surface area (Å²) >= 11 is 5.06. The molecule has 1 aromatic heterocycles. The normalized spacial score (nSPS) is 10.6. The summed E-state index contributed by atoms with van der Waals surface area (Å²) in [4.78, 5) is 13.0. The molecule has 0 saturated heterocycles. The summed E-state index contributed by atoms with van der Waals surface area (Å²) in [6.07, 6.45) is 3.08. The van der Waals surface area contributed by atoms with Crippen molar-refractivity contribution in [3.63, 3.8) is 0 Å². The SMILES string of the molecule is Cn1nccc1CCC(=O)CSc1ccccc1Br. The molecule has 0 atom stereocenters. The quantitative estimate of drug-likeness (QED) is 0.756. The van der Waals surface area contributed by atoms with Gasteiger partial charge in [-0.25, -0.2) is 0 Å². The van der Waals surface area contributed by atoms with Crippen molar-refractivity contribution < 1.29 is 4.79 Å². The Labute approximate surface area is 125 Å². The molecule has 0 fully saturated rings. The predicted molar refractivity (Wildman–Crippen MR) is 81.4 cm³/mol. The highest BCUT2D eigenvalue weighted by atomic mass is 79.9. The summed E-state index contributed by atoms with van der Waals surface area (Å²) in [6, 6.07) is 9.91. The Kier molecular flexibility index (Phi) is 5.22. The van der Waals surface area contributed by atoms with Crippen LogP contribution in [0.1, 0.15) is 12.1 Å². The second-order valence-corrected chi connectivity index (χ2v) is 6.08. The molecule has 0 amide bonds. The molecule has 2 aromatic rings. The molecule has 0 bridgehead atoms. The van der Waals surface area contributed by atoms with Crippen LogP contribution in [0.15, 0.2) is 45.9 Å². The average Bonchev–Trinajstić information content (AvgIpc) is 2.81. The smallest absolute Gasteiger partial charge is 0.143 e. The van der Waals surface area contributed by atoms with Gasteiger partial charge >= 0.3 is 0 Å². The maximum Gasteiger partial charge on any atom is 0.143 e. The van der Waals surface area contributed by atoms with E-state index in [4.69, 9.17) is 0 Å². The van der Waals surface area contributed by atoms with Gasteiger partial charge in [0.25, 0.3) is 0 Å². The van der Waals surface area contributed by atoms with Crippen LogP contribution in [-0.4, -0.2) is 21.3 Å². The molecule has 3 nitrogen and oxygen atoms in total. The van der Waals surface area contributed by atoms with E-state index in [1.165, 1.54) is 0 Å². The van der Waals surface area contributed by atoms with E-state index in [-0.39, 0.29) is 5.78 Å². The standard InChI is InChI=1S/C14H15BrN2OS/c1-17-11(8-9-16-17)6-7-12(18)10-19-14-5-3-2-4-13(14)15/h2-5,8-9H,6-7,10H2,1H3. The minimum atomic E-state index is 0.266. The molecule has 0 aliphatic carbocycles. The Morgan fingerprint density at radius 1 is 1.37 bits per heavy atom. The number of halogens is 1. The molecule has 1 heterocycles. The molecule has 2 rings (SSSR count). The van der Waals surface area contributed by atoms with Crippen LogP contribution in [0.2, 0.25) is 0 Å². The number of nitrogens with zero attached hydrogens (tertiary/aromatic N) is 2. The number of hydrogen-bond donors (Lipinski definition) is 0. The molecule has 0 radical (unpaired) electrons. The zero-order valence-electron chi connectivity index (χ0n) is 10.7. The third kappa shape index (κ3) is 4.21. The first kappa shape index (κ1) is 14.3. The number of hydrogen-bond acceptors (Lipinski definition) is 3. The van der Waals surface area contributed by atoms with Gasteiger partial charge in [-0.15, -0.1) is 11.8 Å². The fraction of sp³-hybridized carbons (Fsp3) is 0.286. The Morgan fingerprint density at radius 3 is 2.84 bits per heavy atom. The summed E-state index contributed by atoms with van der Waals surface area (Å²) < 4.78 is 2.85. The molecule has 5 heteroatoms. The number of carbonyl (C=O) groups is 1. The maximum absolute atomic E-state index is 11.9. The first-order valence-corrected chi connectivity index (χ1v) is 7.80. The number of aromatic nitrogens is 2. The molecule has 0 N–H and O–H groups in total. The molecule has 1 aromatic carbocycles. The third-order valence-electron chi connectivity index (χ3n) is 2.81. The van der Waals surface area contributed by atoms with Gasteiger partial charge in [-0.05, 0) is 40.5 Å². The van der Waals surface area contributed by atoms with E-state index in [1.54, 1.807) is 18.0 Å². The van der Waals surface area contributed by atoms with Crippen LogP contribution in [0.25, 0.3) is 0 Å². The van der Waals surface area contributed by atoms with Gasteiger partial charge in [-0.2, -0.15) is 5.10 Å². The van der Waals surface area contributed by atoms with E-state index in [0.29, 0.717) is 12.2 Å². The lowest BCUT2D eigenvalue weighted by Crippen LogP contribution is -2.06. The maximum atomic E-state index is 11.9. The molecule has 0 saturated carbocycles. The van der Waals surface area contributed by atoms with Crippen LogP contribution >= 0.6 is 27.7 Å². The predicted octanol–water partition coefficient (Wildman–Crippen LogP) is 3.48. The number of ketones is 1. The van der Waals surface area contributed by atoms with Crippen LogP contribution in [-0.2, 0) is 18.3 Å². The van der Waals surface area contributed by atoms with Crippen molar-refractivity contribution in [2.45, 2.75) is 17.7 Å². The Bertz CT molecular complexity index is 568. The summed E-state index contributed by atoms with van der Waals surface area (Å²) in [5.41, 5.74) is 1.10. The molecular formula is C14H15BrN2OS. The molecule has 0 unspecified atom stereocenters. The van der Waals surface area contributed by atoms with Gasteiger partial charge in [-0.3, -0.25) is 9.48 Å². The van der Waals surface area contributed by atoms with Crippen molar-refractivity contribution in [3.05, 3.63) is 46.7 Å². The number of carbonyl (C=O) groups excluding carboxylic acids is 1. The molecule has 0 aliphatic rings. The Balaban J connectivity index is 1.79. The number of Topliss-reactive ketones (excluding diaryl/α,β-unsaturated/α-hetero) is 1. The third-order valence-corrected chi connectivity index (χ3v) is 4.90. The number of thioether (sulfide) groups is 1. The lowest BCUT2D eigenvalue weighted by molar-refractivity contribution is -0.116. The van der Waals surface area contributed by atoms with Gasteiger partial charge in [0.15, 0.2) is 0 Å². The molecule has 100 valence electrons. The fourth-order valence-electron chi connectivity index (χ4n) is 1.71. The minimum absolute atomic E-state index is 0.266. The zero-order valence-corrected chi connectivity index (χ0v) is 13.1. The summed E-state index contributed by atoms with van der Waals surface area (Å²) in [7, 11) is 1.90. The number of benzene rings is 1. The average molecular weight is 339 g/mol. The van der Waals surface area contributed by atoms with Crippen LogP contribution in [0.5, 0.6) is 0 Å². The topological polar surface area (TPSA) is 34.9 Å². The van der Waals surface area contributed by atoms with Gasteiger partial charge in [0.2, 0.25) is 0 Å². The zero-order chi connectivity index (χ0) is 13.7. The monoisotopic (exact) mass is 338 g/mol. The number of aryl methyl sites for hydroxylation is 2. The van der Waals surface area contributed by atoms with E-state index in [1.807, 2.05) is 42.1 Å². The highest BCUT2D eigenvalue weighted by Gasteiger charge is 2.07. The van der Waals surface area contributed by atoms with Crippen LogP contribution < -0.4 is 0 Å². The van der Waals surface area contributed by atoms with Gasteiger partial charge in [0.05, 0.1) is 5.75 Å². The first-order valence-electron chi connectivity index (χ1n) is 6.02. The van der Waals surface area contributed by atoms with Gasteiger partial charge < -0.3 is 0 Å². The Morgan fingerprint density at radius 2 is 2.16 bits per heavy atom. The summed E-state index contributed by atoms with van der Waals surface area (Å²) in [5.74, 6) is 0.780. The van der Waals surface area contributed by atoms with E-state index < -0.39 is 0 Å². The molecular weight excluding hydrogens is 324 g/mol. The van der Waals surface area contributed by atoms with Crippen LogP contribution in [0, 0.1) is 0 Å². The first-order chi connectivity index (χ1) is 9.16. The second-order valence-electron chi connectivity index (χ2n) is 4.20. The lowest BCUT2D eigenvalue weighted by Gasteiger charge is -2.04. The minimum Gasteiger partial charge on any atom is -0.299 e. The van der Waals surface area contributed by atoms with Crippen molar-refractivity contribution in [1.29, 1.82) is 0 Å². The highest BCUT2D eigenvalue weighted by Crippen LogP contribution is 2.27. The van der Waals surface area contributed by atoms with E-state index in [9.17, 15) is 4.79 Å². The largest absolute Gasteiger partial charge is 0.299 e. The summed E-state index contributed by atoms with van der Waals surface area (Å²) in [6.45, 7) is 0. The molecule has 0 aliphatic heterocycles. The number of rotatable bonds is 6. The van der Waals surface area contributed by atoms with E-state index in [2.05, 4.69) is 21.0 Å². The van der Waals surface area contributed by atoms with Crippen LogP contribution in [0.3, 0.4) is 0 Å². The molecule has 0 spiro atoms. The van der Waals surface area contributed by atoms with Crippen molar-refractivity contribution in [1.82, 2.24) is 9.78 Å². The van der Waals surface area contributed by atoms with Crippen molar-refractivity contribution >= 4 is 33.5 Å². The van der Waals surface area contributed by atoms with Crippen molar-refractivity contribution in [3.8, 4) is 0 Å². The van der Waals surface area contributed by atoms with Crippen molar-refractivity contribution in [2.75, 3.05) is 5.75 Å². The highest BCUT2D eigenvalue weighted by molar-refractivity contribution is 9.10. The van der Waals surface area contributed by atoms with Crippen molar-refractivity contribution in [2.24, 2.45) is 7.05 Å². The summed E-state index contributed by atoms with van der Waals surface area (Å²) in [5, 5.41) is 4.09.